The minimum atomic E-state index is -0.838. The second-order valence-corrected chi connectivity index (χ2v) is 12.7. The standard InChI is InChI=1S/C40H47NO6/c1-40(2,3)47-39(44)23-15-27-45-36-22-14-21-31(34(36)24-25-38(42)43)18-8-4-5-13-26-46-37-29-33(30-16-9-6-10-17-30)28-35(41-37)32-19-11-7-12-20-32/h6-7,9-12,14,16-17,19-22,28-29H,4-5,8,13,15,18,23-27H2,1-3H3,(H,42,43). The fourth-order valence-corrected chi connectivity index (χ4v) is 5.37. The van der Waals surface area contributed by atoms with Crippen molar-refractivity contribution in [2.75, 3.05) is 13.2 Å². The molecule has 1 N–H and O–H groups in total. The second kappa shape index (κ2) is 17.9. The molecule has 0 spiro atoms. The molecule has 4 aromatic rings. The van der Waals surface area contributed by atoms with Crippen LogP contribution >= 0.6 is 0 Å². The van der Waals surface area contributed by atoms with Crippen LogP contribution in [0.3, 0.4) is 0 Å². The molecule has 7 nitrogen and oxygen atoms in total. The molecule has 47 heavy (non-hydrogen) atoms. The van der Waals surface area contributed by atoms with Crippen molar-refractivity contribution in [3.05, 3.63) is 102 Å². The van der Waals surface area contributed by atoms with E-state index in [0.29, 0.717) is 37.7 Å². The van der Waals surface area contributed by atoms with E-state index in [1.807, 2.05) is 75.4 Å². The summed E-state index contributed by atoms with van der Waals surface area (Å²) < 4.78 is 17.6. The number of unbranched alkanes of at least 4 members (excludes halogenated alkanes) is 3. The van der Waals surface area contributed by atoms with Gasteiger partial charge in [-0.2, -0.15) is 0 Å². The average Bonchev–Trinajstić information content (AvgIpc) is 3.05. The number of carbonyl (C=O) groups excluding carboxylic acids is 1. The van der Waals surface area contributed by atoms with Gasteiger partial charge in [-0.15, -0.1) is 0 Å². The highest BCUT2D eigenvalue weighted by atomic mass is 16.6. The van der Waals surface area contributed by atoms with Gasteiger partial charge in [-0.05, 0) is 87.3 Å². The molecule has 0 aliphatic rings. The number of aliphatic carboxylic acids is 1. The van der Waals surface area contributed by atoms with E-state index in [-0.39, 0.29) is 18.8 Å². The first-order valence-electron chi connectivity index (χ1n) is 16.6. The van der Waals surface area contributed by atoms with Gasteiger partial charge < -0.3 is 19.3 Å². The number of pyridine rings is 1. The summed E-state index contributed by atoms with van der Waals surface area (Å²) in [5.74, 6) is 0.230. The summed E-state index contributed by atoms with van der Waals surface area (Å²) in [5, 5.41) is 9.34. The summed E-state index contributed by atoms with van der Waals surface area (Å²) in [6.07, 6.45) is 5.99. The van der Waals surface area contributed by atoms with Crippen molar-refractivity contribution in [1.29, 1.82) is 0 Å². The summed E-state index contributed by atoms with van der Waals surface area (Å²) in [4.78, 5) is 28.2. The smallest absolute Gasteiger partial charge is 0.306 e. The molecular weight excluding hydrogens is 590 g/mol. The third kappa shape index (κ3) is 12.2. The lowest BCUT2D eigenvalue weighted by molar-refractivity contribution is -0.155. The molecule has 0 unspecified atom stereocenters. The maximum Gasteiger partial charge on any atom is 0.306 e. The molecule has 0 saturated carbocycles. The summed E-state index contributed by atoms with van der Waals surface area (Å²) in [5.41, 5.74) is 5.67. The van der Waals surface area contributed by atoms with Gasteiger partial charge in [0.05, 0.1) is 18.9 Å². The number of hydrogen-bond donors (Lipinski definition) is 1. The first-order valence-corrected chi connectivity index (χ1v) is 16.6. The minimum absolute atomic E-state index is 0.0358. The van der Waals surface area contributed by atoms with Gasteiger partial charge in [-0.3, -0.25) is 9.59 Å². The van der Waals surface area contributed by atoms with E-state index in [2.05, 4.69) is 36.4 Å². The highest BCUT2D eigenvalue weighted by molar-refractivity contribution is 5.72. The molecule has 0 bridgehead atoms. The van der Waals surface area contributed by atoms with Gasteiger partial charge in [0.1, 0.15) is 11.4 Å². The molecule has 0 amide bonds. The van der Waals surface area contributed by atoms with Crippen LogP contribution in [0, 0.1) is 0 Å². The highest BCUT2D eigenvalue weighted by Gasteiger charge is 2.16. The molecule has 1 heterocycles. The third-order valence-corrected chi connectivity index (χ3v) is 7.59. The average molecular weight is 638 g/mol. The fraction of sp³-hybridized carbons (Fsp3) is 0.375. The maximum atomic E-state index is 12.0. The van der Waals surface area contributed by atoms with Gasteiger partial charge >= 0.3 is 11.9 Å². The van der Waals surface area contributed by atoms with Crippen molar-refractivity contribution in [3.63, 3.8) is 0 Å². The Morgan fingerprint density at radius 3 is 2.06 bits per heavy atom. The van der Waals surface area contributed by atoms with E-state index < -0.39 is 11.6 Å². The van der Waals surface area contributed by atoms with Crippen molar-refractivity contribution in [2.24, 2.45) is 0 Å². The van der Waals surface area contributed by atoms with E-state index in [1.54, 1.807) is 0 Å². The topological polar surface area (TPSA) is 95.0 Å². The number of hydrogen-bond acceptors (Lipinski definition) is 6. The lowest BCUT2D eigenvalue weighted by Gasteiger charge is -2.19. The first-order chi connectivity index (χ1) is 22.7. The van der Waals surface area contributed by atoms with E-state index in [4.69, 9.17) is 19.2 Å². The molecule has 0 fully saturated rings. The number of carboxylic acids is 1. The quantitative estimate of drug-likeness (QED) is 0.0859. The van der Waals surface area contributed by atoms with Crippen LogP contribution in [0.4, 0.5) is 0 Å². The number of nitrogens with zero attached hydrogens (tertiary/aromatic N) is 1. The zero-order valence-electron chi connectivity index (χ0n) is 27.9. The van der Waals surface area contributed by atoms with Crippen LogP contribution < -0.4 is 9.47 Å². The lowest BCUT2D eigenvalue weighted by atomic mass is 9.97. The van der Waals surface area contributed by atoms with E-state index in [9.17, 15) is 14.7 Å². The van der Waals surface area contributed by atoms with Crippen LogP contribution in [0.5, 0.6) is 11.6 Å². The third-order valence-electron chi connectivity index (χ3n) is 7.59. The largest absolute Gasteiger partial charge is 0.493 e. The zero-order chi connectivity index (χ0) is 33.5. The van der Waals surface area contributed by atoms with Gasteiger partial charge in [0.15, 0.2) is 0 Å². The number of aromatic nitrogens is 1. The van der Waals surface area contributed by atoms with Gasteiger partial charge in [-0.25, -0.2) is 4.98 Å². The summed E-state index contributed by atoms with van der Waals surface area (Å²) in [7, 11) is 0. The fourth-order valence-electron chi connectivity index (χ4n) is 5.37. The molecular formula is C40H47NO6. The number of benzene rings is 3. The first kappa shape index (κ1) is 35.2. The number of carbonyl (C=O) groups is 2. The van der Waals surface area contributed by atoms with Crippen LogP contribution in [0.1, 0.15) is 76.8 Å². The number of esters is 1. The van der Waals surface area contributed by atoms with Crippen LogP contribution in [0.25, 0.3) is 22.4 Å². The molecule has 0 aliphatic heterocycles. The summed E-state index contributed by atoms with van der Waals surface area (Å²) >= 11 is 0. The summed E-state index contributed by atoms with van der Waals surface area (Å²) in [6.45, 7) is 6.48. The number of ether oxygens (including phenoxy) is 3. The van der Waals surface area contributed by atoms with Crippen molar-refractivity contribution in [1.82, 2.24) is 4.98 Å². The molecule has 3 aromatic carbocycles. The monoisotopic (exact) mass is 637 g/mol. The van der Waals surface area contributed by atoms with E-state index in [1.165, 1.54) is 0 Å². The maximum absolute atomic E-state index is 12.0. The van der Waals surface area contributed by atoms with Crippen molar-refractivity contribution in [3.8, 4) is 34.0 Å². The zero-order valence-corrected chi connectivity index (χ0v) is 27.9. The molecule has 1 aromatic heterocycles. The lowest BCUT2D eigenvalue weighted by Crippen LogP contribution is -2.24. The highest BCUT2D eigenvalue weighted by Crippen LogP contribution is 2.29. The Hall–Kier alpha value is -4.65. The molecule has 7 heteroatoms. The number of rotatable bonds is 18. The van der Waals surface area contributed by atoms with Crippen molar-refractivity contribution >= 4 is 11.9 Å². The van der Waals surface area contributed by atoms with Gasteiger partial charge in [0.25, 0.3) is 0 Å². The SMILES string of the molecule is CC(C)(C)OC(=O)CCCOc1cccc(CCCCCCOc2cc(-c3ccccc3)cc(-c3ccccc3)n2)c1CCC(=O)O. The predicted molar refractivity (Wildman–Crippen MR) is 186 cm³/mol. The molecule has 0 aliphatic carbocycles. The molecule has 0 atom stereocenters. The van der Waals surface area contributed by atoms with E-state index >= 15 is 0 Å². The van der Waals surface area contributed by atoms with Crippen molar-refractivity contribution < 1.29 is 28.9 Å². The van der Waals surface area contributed by atoms with Crippen LogP contribution in [0.15, 0.2) is 91.0 Å². The molecule has 4 rings (SSSR count). The summed E-state index contributed by atoms with van der Waals surface area (Å²) in [6, 6.07) is 30.4. The Morgan fingerprint density at radius 2 is 1.36 bits per heavy atom. The Labute approximate surface area is 278 Å². The normalized spacial score (nSPS) is 11.2. The Bertz CT molecular complexity index is 1510. The van der Waals surface area contributed by atoms with Gasteiger partial charge in [0, 0.05) is 24.5 Å². The van der Waals surface area contributed by atoms with Gasteiger partial charge in [0.2, 0.25) is 5.88 Å². The second-order valence-electron chi connectivity index (χ2n) is 12.7. The Balaban J connectivity index is 1.27. The predicted octanol–water partition coefficient (Wildman–Crippen LogP) is 9.12. The van der Waals surface area contributed by atoms with Crippen LogP contribution in [0.2, 0.25) is 0 Å². The number of carboxylic acid groups (broad SMARTS) is 1. The Morgan fingerprint density at radius 1 is 0.681 bits per heavy atom. The minimum Gasteiger partial charge on any atom is -0.493 e. The molecule has 0 radical (unpaired) electrons. The molecule has 248 valence electrons. The van der Waals surface area contributed by atoms with Crippen molar-refractivity contribution in [2.45, 2.75) is 84.2 Å². The van der Waals surface area contributed by atoms with Crippen LogP contribution in [-0.4, -0.2) is 40.8 Å². The van der Waals surface area contributed by atoms with Crippen LogP contribution in [-0.2, 0) is 27.2 Å². The Kier molecular flexibility index (Phi) is 13.4. The van der Waals surface area contributed by atoms with Gasteiger partial charge in [-0.1, -0.05) is 85.6 Å². The molecule has 0 saturated heterocycles. The number of aryl methyl sites for hydroxylation is 1. The van der Waals surface area contributed by atoms with E-state index in [0.717, 1.165) is 65.6 Å².